The number of carbonyl (C=O) groups is 1. The third-order valence-electron chi connectivity index (χ3n) is 2.03. The zero-order valence-corrected chi connectivity index (χ0v) is 11.1. The van der Waals surface area contributed by atoms with Gasteiger partial charge in [0.05, 0.1) is 6.61 Å². The molecular weight excluding hydrogens is 254 g/mol. The summed E-state index contributed by atoms with van der Waals surface area (Å²) in [4.78, 5) is 18.7. The first-order valence-corrected chi connectivity index (χ1v) is 6.40. The highest BCUT2D eigenvalue weighted by atomic mass is 32.1. The van der Waals surface area contributed by atoms with Crippen molar-refractivity contribution in [3.05, 3.63) is 26.5 Å². The van der Waals surface area contributed by atoms with Crippen LogP contribution in [-0.4, -0.2) is 30.6 Å². The number of ether oxygens (including phenoxy) is 1. The van der Waals surface area contributed by atoms with E-state index in [1.807, 2.05) is 12.3 Å². The summed E-state index contributed by atoms with van der Waals surface area (Å²) < 4.78 is 4.99. The van der Waals surface area contributed by atoms with E-state index in [0.29, 0.717) is 18.2 Å². The lowest BCUT2D eigenvalue weighted by Crippen LogP contribution is -2.31. The van der Waals surface area contributed by atoms with Gasteiger partial charge in [0.2, 0.25) is 0 Å². The van der Waals surface area contributed by atoms with Crippen LogP contribution in [0.15, 0.2) is 10.5 Å². The summed E-state index contributed by atoms with van der Waals surface area (Å²) in [6.45, 7) is 4.60. The molecule has 1 aromatic heterocycles. The highest BCUT2D eigenvalue weighted by molar-refractivity contribution is 7.09. The molecule has 1 N–H and O–H groups in total. The van der Waals surface area contributed by atoms with E-state index >= 15 is 0 Å². The predicted octanol–water partition coefficient (Wildman–Crippen LogP) is 1.96. The Kier molecular flexibility index (Phi) is 6.13. The van der Waals surface area contributed by atoms with Crippen LogP contribution in [-0.2, 0) is 9.53 Å². The van der Waals surface area contributed by atoms with Gasteiger partial charge in [-0.15, -0.1) is 11.3 Å². The summed E-state index contributed by atoms with van der Waals surface area (Å²) in [5.41, 5.74) is 9.04. The highest BCUT2D eigenvalue weighted by Gasteiger charge is 2.23. The molecule has 0 aliphatic carbocycles. The Morgan fingerprint density at radius 1 is 1.78 bits per heavy atom. The van der Waals surface area contributed by atoms with Gasteiger partial charge in [-0.05, 0) is 19.4 Å². The van der Waals surface area contributed by atoms with Crippen molar-refractivity contribution in [3.8, 4) is 0 Å². The number of rotatable bonds is 7. The minimum absolute atomic E-state index is 0.275. The van der Waals surface area contributed by atoms with Crippen LogP contribution in [0.4, 0.5) is 0 Å². The van der Waals surface area contributed by atoms with Crippen molar-refractivity contribution in [1.82, 2.24) is 10.3 Å². The highest BCUT2D eigenvalue weighted by Crippen LogP contribution is 2.19. The van der Waals surface area contributed by atoms with Crippen LogP contribution in [0.25, 0.3) is 10.4 Å². The predicted molar refractivity (Wildman–Crippen MR) is 68.2 cm³/mol. The van der Waals surface area contributed by atoms with Crippen molar-refractivity contribution in [3.63, 3.8) is 0 Å². The van der Waals surface area contributed by atoms with Gasteiger partial charge in [0.15, 0.2) is 6.04 Å². The average Bonchev–Trinajstić information content (AvgIpc) is 2.76. The molecule has 0 aliphatic heterocycles. The molecule has 1 unspecified atom stereocenters. The molecule has 8 heteroatoms. The number of nitrogens with zero attached hydrogens (tertiary/aromatic N) is 4. The molecule has 0 amide bonds. The number of thiazole rings is 1. The molecular formula is C10H15N5O2S. The van der Waals surface area contributed by atoms with Gasteiger partial charge in [-0.3, -0.25) is 5.32 Å². The summed E-state index contributed by atoms with van der Waals surface area (Å²) in [5, 5.41) is 8.91. The van der Waals surface area contributed by atoms with E-state index < -0.39 is 6.04 Å². The molecule has 0 saturated carbocycles. The maximum atomic E-state index is 11.8. The van der Waals surface area contributed by atoms with Gasteiger partial charge in [0.1, 0.15) is 5.01 Å². The molecule has 0 spiro atoms. The van der Waals surface area contributed by atoms with E-state index in [2.05, 4.69) is 20.3 Å². The molecule has 18 heavy (non-hydrogen) atoms. The number of nitrogens with one attached hydrogen (secondary N) is 1. The second-order valence-corrected chi connectivity index (χ2v) is 4.31. The fourth-order valence-corrected chi connectivity index (χ4v) is 2.16. The van der Waals surface area contributed by atoms with Crippen molar-refractivity contribution in [2.45, 2.75) is 19.9 Å². The third-order valence-corrected chi connectivity index (χ3v) is 3.06. The zero-order chi connectivity index (χ0) is 13.4. The van der Waals surface area contributed by atoms with Gasteiger partial charge in [0.25, 0.3) is 0 Å². The Morgan fingerprint density at radius 2 is 2.56 bits per heavy atom. The smallest absolute Gasteiger partial charge is 0.330 e. The maximum Gasteiger partial charge on any atom is 0.330 e. The molecule has 0 aliphatic rings. The lowest BCUT2D eigenvalue weighted by Gasteiger charge is -2.14. The topological polar surface area (TPSA) is 100.0 Å². The van der Waals surface area contributed by atoms with Crippen molar-refractivity contribution < 1.29 is 9.53 Å². The average molecular weight is 269 g/mol. The monoisotopic (exact) mass is 269 g/mol. The second-order valence-electron chi connectivity index (χ2n) is 3.42. The van der Waals surface area contributed by atoms with Crippen molar-refractivity contribution in [2.24, 2.45) is 5.11 Å². The van der Waals surface area contributed by atoms with Crippen LogP contribution in [0.5, 0.6) is 0 Å². The Balaban J connectivity index is 2.68. The van der Waals surface area contributed by atoms with E-state index in [9.17, 15) is 4.79 Å². The SMILES string of the molecule is CCOC(=O)C(NCCN=[N+]=[N-])c1nc(C)cs1. The van der Waals surface area contributed by atoms with Crippen LogP contribution in [0.1, 0.15) is 23.7 Å². The van der Waals surface area contributed by atoms with Gasteiger partial charge in [-0.1, -0.05) is 5.11 Å². The third kappa shape index (κ3) is 4.33. The number of aryl methyl sites for hydroxylation is 1. The molecule has 98 valence electrons. The zero-order valence-electron chi connectivity index (χ0n) is 10.3. The van der Waals surface area contributed by atoms with Crippen LogP contribution >= 0.6 is 11.3 Å². The lowest BCUT2D eigenvalue weighted by molar-refractivity contribution is -0.145. The molecule has 0 radical (unpaired) electrons. The van der Waals surface area contributed by atoms with E-state index in [-0.39, 0.29) is 12.5 Å². The van der Waals surface area contributed by atoms with Crippen LogP contribution in [0.3, 0.4) is 0 Å². The first-order valence-electron chi connectivity index (χ1n) is 5.52. The van der Waals surface area contributed by atoms with Gasteiger partial charge in [0, 0.05) is 29.1 Å². The molecule has 7 nitrogen and oxygen atoms in total. The number of esters is 1. The van der Waals surface area contributed by atoms with Gasteiger partial charge < -0.3 is 4.74 Å². The standard InChI is InChI=1S/C10H15N5O2S/c1-3-17-10(16)8(12-4-5-13-15-11)9-14-7(2)6-18-9/h6,8,12H,3-5H2,1-2H3. The fourth-order valence-electron chi connectivity index (χ4n) is 1.31. The molecule has 1 atom stereocenters. The van der Waals surface area contributed by atoms with Crippen LogP contribution < -0.4 is 5.32 Å². The quantitative estimate of drug-likeness (QED) is 0.269. The van der Waals surface area contributed by atoms with Gasteiger partial charge in [-0.2, -0.15) is 0 Å². The Bertz CT molecular complexity index is 441. The molecule has 0 bridgehead atoms. The number of hydrogen-bond acceptors (Lipinski definition) is 6. The number of azide groups is 1. The largest absolute Gasteiger partial charge is 0.465 e. The van der Waals surface area contributed by atoms with E-state index in [4.69, 9.17) is 10.3 Å². The van der Waals surface area contributed by atoms with Gasteiger partial charge >= 0.3 is 5.97 Å². The minimum atomic E-state index is -0.599. The molecule has 0 fully saturated rings. The molecule has 0 saturated heterocycles. The van der Waals surface area contributed by atoms with E-state index in [1.54, 1.807) is 6.92 Å². The molecule has 1 heterocycles. The van der Waals surface area contributed by atoms with E-state index in [1.165, 1.54) is 11.3 Å². The van der Waals surface area contributed by atoms with Crippen molar-refractivity contribution in [2.75, 3.05) is 19.7 Å². The number of hydrogen-bond donors (Lipinski definition) is 1. The summed E-state index contributed by atoms with van der Waals surface area (Å²) in [6.07, 6.45) is 0. The van der Waals surface area contributed by atoms with Crippen molar-refractivity contribution in [1.29, 1.82) is 0 Å². The molecule has 1 aromatic rings. The Labute approximate surface area is 109 Å². The lowest BCUT2D eigenvalue weighted by atomic mass is 10.3. The van der Waals surface area contributed by atoms with Crippen molar-refractivity contribution >= 4 is 17.3 Å². The van der Waals surface area contributed by atoms with Gasteiger partial charge in [-0.25, -0.2) is 9.78 Å². The number of carbonyl (C=O) groups excluding carboxylic acids is 1. The maximum absolute atomic E-state index is 11.8. The second kappa shape index (κ2) is 7.65. The minimum Gasteiger partial charge on any atom is -0.465 e. The summed E-state index contributed by atoms with van der Waals surface area (Å²) >= 11 is 1.40. The first kappa shape index (κ1) is 14.4. The van der Waals surface area contributed by atoms with E-state index in [0.717, 1.165) is 5.69 Å². The first-order chi connectivity index (χ1) is 8.69. The number of aromatic nitrogens is 1. The Morgan fingerprint density at radius 3 is 3.11 bits per heavy atom. The van der Waals surface area contributed by atoms with Crippen LogP contribution in [0, 0.1) is 6.92 Å². The summed E-state index contributed by atoms with van der Waals surface area (Å²) in [5.74, 6) is -0.368. The normalized spacial score (nSPS) is 11.7. The fraction of sp³-hybridized carbons (Fsp3) is 0.600. The summed E-state index contributed by atoms with van der Waals surface area (Å²) in [7, 11) is 0. The molecule has 0 aromatic carbocycles. The Hall–Kier alpha value is -1.63. The molecule has 1 rings (SSSR count). The summed E-state index contributed by atoms with van der Waals surface area (Å²) in [6, 6.07) is -0.599. The van der Waals surface area contributed by atoms with Crippen LogP contribution in [0.2, 0.25) is 0 Å².